The van der Waals surface area contributed by atoms with Gasteiger partial charge in [0.05, 0.1) is 0 Å². The van der Waals surface area contributed by atoms with Crippen molar-refractivity contribution in [2.24, 2.45) is 0 Å². The molecule has 5 heteroatoms. The van der Waals surface area contributed by atoms with Gasteiger partial charge in [-0.05, 0) is 48.0 Å². The molecule has 0 aromatic heterocycles. The van der Waals surface area contributed by atoms with Crippen molar-refractivity contribution in [1.82, 2.24) is 4.90 Å². The maximum Gasteiger partial charge on any atom is 0.259 e. The van der Waals surface area contributed by atoms with Crippen LogP contribution in [0.4, 0.5) is 0 Å². The highest BCUT2D eigenvalue weighted by Gasteiger charge is 2.06. The van der Waals surface area contributed by atoms with Crippen LogP contribution in [0.5, 0.6) is 11.5 Å². The van der Waals surface area contributed by atoms with Gasteiger partial charge in [-0.15, -0.1) is 0 Å². The lowest BCUT2D eigenvalue weighted by molar-refractivity contribution is -0.130. The van der Waals surface area contributed by atoms with Gasteiger partial charge in [-0.25, -0.2) is 0 Å². The van der Waals surface area contributed by atoms with Gasteiger partial charge in [0.2, 0.25) is 0 Å². The van der Waals surface area contributed by atoms with Gasteiger partial charge in [0.1, 0.15) is 11.5 Å². The molecule has 0 fully saturated rings. The molecule has 24 heavy (non-hydrogen) atoms. The molecule has 2 aromatic carbocycles. The van der Waals surface area contributed by atoms with Crippen molar-refractivity contribution in [1.29, 1.82) is 0 Å². The molecule has 2 rings (SSSR count). The first kappa shape index (κ1) is 17.3. The van der Waals surface area contributed by atoms with Crippen molar-refractivity contribution in [3.63, 3.8) is 0 Å². The summed E-state index contributed by atoms with van der Waals surface area (Å²) in [4.78, 5) is 25.0. The van der Waals surface area contributed by atoms with Gasteiger partial charge in [-0.2, -0.15) is 0 Å². The molecule has 0 bridgehead atoms. The summed E-state index contributed by atoms with van der Waals surface area (Å²) in [5.41, 5.74) is 1.35. The Kier molecular flexibility index (Phi) is 5.73. The number of ketones is 1. The van der Waals surface area contributed by atoms with Crippen LogP contribution in [-0.4, -0.2) is 42.4 Å². The van der Waals surface area contributed by atoms with Gasteiger partial charge in [0.25, 0.3) is 5.91 Å². The molecule has 1 amide bonds. The lowest BCUT2D eigenvalue weighted by atomic mass is 10.1. The van der Waals surface area contributed by atoms with Crippen molar-refractivity contribution in [2.75, 3.05) is 20.7 Å². The van der Waals surface area contributed by atoms with Gasteiger partial charge in [0.15, 0.2) is 12.4 Å². The molecule has 124 valence electrons. The van der Waals surface area contributed by atoms with Gasteiger partial charge in [0, 0.05) is 19.7 Å². The zero-order valence-corrected chi connectivity index (χ0v) is 13.6. The summed E-state index contributed by atoms with van der Waals surface area (Å²) in [6, 6.07) is 13.2. The van der Waals surface area contributed by atoms with Gasteiger partial charge in [-0.1, -0.05) is 18.2 Å². The number of hydrogen-bond acceptors (Lipinski definition) is 4. The van der Waals surface area contributed by atoms with Crippen molar-refractivity contribution in [3.05, 3.63) is 65.7 Å². The quantitative estimate of drug-likeness (QED) is 0.655. The van der Waals surface area contributed by atoms with Gasteiger partial charge >= 0.3 is 0 Å². The van der Waals surface area contributed by atoms with Crippen LogP contribution in [0.25, 0.3) is 6.08 Å². The van der Waals surface area contributed by atoms with Gasteiger partial charge in [-0.3, -0.25) is 9.59 Å². The van der Waals surface area contributed by atoms with Crippen molar-refractivity contribution >= 4 is 17.8 Å². The Labute approximate surface area is 140 Å². The minimum atomic E-state index is -0.140. The highest BCUT2D eigenvalue weighted by molar-refractivity contribution is 6.06. The summed E-state index contributed by atoms with van der Waals surface area (Å²) in [6.07, 6.45) is 3.15. The maximum absolute atomic E-state index is 12.1. The molecule has 0 radical (unpaired) electrons. The molecule has 0 heterocycles. The first-order chi connectivity index (χ1) is 11.5. The monoisotopic (exact) mass is 325 g/mol. The Morgan fingerprint density at radius 3 is 2.25 bits per heavy atom. The van der Waals surface area contributed by atoms with E-state index in [2.05, 4.69) is 0 Å². The molecule has 0 saturated carbocycles. The van der Waals surface area contributed by atoms with E-state index in [0.29, 0.717) is 11.3 Å². The third-order valence-corrected chi connectivity index (χ3v) is 3.32. The fourth-order valence-corrected chi connectivity index (χ4v) is 1.84. The molecular weight excluding hydrogens is 306 g/mol. The number of phenols is 1. The maximum atomic E-state index is 12.1. The summed E-state index contributed by atoms with van der Waals surface area (Å²) >= 11 is 0. The van der Waals surface area contributed by atoms with Crippen LogP contribution in [0.3, 0.4) is 0 Å². The first-order valence-electron chi connectivity index (χ1n) is 7.40. The summed E-state index contributed by atoms with van der Waals surface area (Å²) in [7, 11) is 3.32. The number of ether oxygens (including phenoxy) is 1. The zero-order valence-electron chi connectivity index (χ0n) is 13.6. The van der Waals surface area contributed by atoms with E-state index in [9.17, 15) is 14.7 Å². The van der Waals surface area contributed by atoms with Crippen molar-refractivity contribution in [3.8, 4) is 11.5 Å². The van der Waals surface area contributed by atoms with Gasteiger partial charge < -0.3 is 14.7 Å². The molecule has 0 spiro atoms. The fraction of sp³-hybridized carbons (Fsp3) is 0.158. The smallest absolute Gasteiger partial charge is 0.259 e. The van der Waals surface area contributed by atoms with Crippen LogP contribution in [-0.2, 0) is 4.79 Å². The lowest BCUT2D eigenvalue weighted by Gasteiger charge is -2.11. The molecule has 0 aliphatic heterocycles. The normalized spacial score (nSPS) is 10.6. The first-order valence-corrected chi connectivity index (χ1v) is 7.40. The summed E-state index contributed by atoms with van der Waals surface area (Å²) < 4.78 is 5.36. The van der Waals surface area contributed by atoms with Crippen LogP contribution >= 0.6 is 0 Å². The number of amides is 1. The molecule has 0 aliphatic rings. The largest absolute Gasteiger partial charge is 0.508 e. The predicted molar refractivity (Wildman–Crippen MR) is 92.1 cm³/mol. The van der Waals surface area contributed by atoms with Crippen LogP contribution in [0.1, 0.15) is 15.9 Å². The topological polar surface area (TPSA) is 66.8 Å². The molecule has 2 aromatic rings. The van der Waals surface area contributed by atoms with E-state index in [-0.39, 0.29) is 24.0 Å². The molecule has 0 aliphatic carbocycles. The molecule has 0 atom stereocenters. The van der Waals surface area contributed by atoms with Crippen LogP contribution in [0, 0.1) is 0 Å². The fourth-order valence-electron chi connectivity index (χ4n) is 1.84. The molecule has 0 saturated heterocycles. The average molecular weight is 325 g/mol. The van der Waals surface area contributed by atoms with Crippen LogP contribution in [0.2, 0.25) is 0 Å². The number of likely N-dealkylation sites (N-methyl/N-ethyl adjacent to an activating group) is 1. The Morgan fingerprint density at radius 1 is 1.04 bits per heavy atom. The third kappa shape index (κ3) is 4.98. The van der Waals surface area contributed by atoms with Crippen molar-refractivity contribution < 1.29 is 19.4 Å². The minimum Gasteiger partial charge on any atom is -0.508 e. The van der Waals surface area contributed by atoms with E-state index in [1.807, 2.05) is 0 Å². The lowest BCUT2D eigenvalue weighted by Crippen LogP contribution is -2.27. The van der Waals surface area contributed by atoms with E-state index in [4.69, 9.17) is 4.74 Å². The second-order valence-corrected chi connectivity index (χ2v) is 5.39. The average Bonchev–Trinajstić information content (AvgIpc) is 2.59. The SMILES string of the molecule is CN(C)C(=O)COc1ccc(C(=O)/C=C/c2ccc(O)cc2)cc1. The van der Waals surface area contributed by atoms with E-state index < -0.39 is 0 Å². The second-order valence-electron chi connectivity index (χ2n) is 5.39. The number of carbonyl (C=O) groups is 2. The highest BCUT2D eigenvalue weighted by atomic mass is 16.5. The number of rotatable bonds is 6. The van der Waals surface area contributed by atoms with Crippen LogP contribution in [0.15, 0.2) is 54.6 Å². The number of phenolic OH excluding ortho intramolecular Hbond substituents is 1. The number of nitrogens with zero attached hydrogens (tertiary/aromatic N) is 1. The number of benzene rings is 2. The predicted octanol–water partition coefficient (Wildman–Crippen LogP) is 2.76. The van der Waals surface area contributed by atoms with E-state index in [1.54, 1.807) is 68.7 Å². The molecular formula is C19H19NO4. The Morgan fingerprint density at radius 2 is 1.67 bits per heavy atom. The summed E-state index contributed by atoms with van der Waals surface area (Å²) in [6.45, 7) is -0.0406. The van der Waals surface area contributed by atoms with Crippen LogP contribution < -0.4 is 4.74 Å². The van der Waals surface area contributed by atoms with E-state index in [1.165, 1.54) is 11.0 Å². The number of allylic oxidation sites excluding steroid dienone is 1. The minimum absolute atomic E-state index is 0.0406. The number of aromatic hydroxyl groups is 1. The Balaban J connectivity index is 1.95. The molecule has 5 nitrogen and oxygen atoms in total. The zero-order chi connectivity index (χ0) is 17.5. The highest BCUT2D eigenvalue weighted by Crippen LogP contribution is 2.14. The van der Waals surface area contributed by atoms with E-state index >= 15 is 0 Å². The number of carbonyl (C=O) groups excluding carboxylic acids is 2. The Hall–Kier alpha value is -3.08. The van der Waals surface area contributed by atoms with Crippen molar-refractivity contribution in [2.45, 2.75) is 0 Å². The van der Waals surface area contributed by atoms with E-state index in [0.717, 1.165) is 5.56 Å². The number of hydrogen-bond donors (Lipinski definition) is 1. The molecule has 1 N–H and O–H groups in total. The molecule has 0 unspecified atom stereocenters. The summed E-state index contributed by atoms with van der Waals surface area (Å²) in [5, 5.41) is 9.22. The second kappa shape index (κ2) is 7.97. The summed E-state index contributed by atoms with van der Waals surface area (Å²) in [5.74, 6) is 0.442. The Bertz CT molecular complexity index is 731. The third-order valence-electron chi connectivity index (χ3n) is 3.32. The standard InChI is InChI=1S/C19H19NO4/c1-20(2)19(23)13-24-17-10-6-15(7-11-17)18(22)12-5-14-3-8-16(21)9-4-14/h3-12,21H,13H2,1-2H3/b12-5+.